The molecule has 0 unspecified atom stereocenters. The fourth-order valence-electron chi connectivity index (χ4n) is 4.95. The largest absolute Gasteiger partial charge is 0.496 e. The predicted molar refractivity (Wildman–Crippen MR) is 175 cm³/mol. The third-order valence-electron chi connectivity index (χ3n) is 6.78. The molecule has 0 spiro atoms. The number of furan rings is 1. The number of methoxy groups -OCH3 is 1. The molecule has 0 radical (unpaired) electrons. The molecule has 4 aromatic rings. The third kappa shape index (κ3) is 6.70. The van der Waals surface area contributed by atoms with E-state index in [-0.39, 0.29) is 23.3 Å². The molecule has 0 fully saturated rings. The first-order chi connectivity index (χ1) is 21.4. The molecule has 0 aliphatic carbocycles. The zero-order chi connectivity index (χ0) is 32.6. The maximum Gasteiger partial charge on any atom is 0.339 e. The highest BCUT2D eigenvalue weighted by Gasteiger charge is 2.35. The minimum Gasteiger partial charge on any atom is -0.496 e. The molecule has 0 saturated heterocycles. The number of halogens is 2. The normalized spacial score (nSPS) is 14.9. The summed E-state index contributed by atoms with van der Waals surface area (Å²) in [7, 11) is 1.53. The second-order valence-corrected chi connectivity index (χ2v) is 13.1. The molecule has 3 heterocycles. The van der Waals surface area contributed by atoms with Crippen molar-refractivity contribution in [3.05, 3.63) is 106 Å². The van der Waals surface area contributed by atoms with E-state index in [4.69, 9.17) is 30.2 Å². The topological polar surface area (TPSA) is 109 Å². The van der Waals surface area contributed by atoms with Gasteiger partial charge < -0.3 is 18.6 Å². The van der Waals surface area contributed by atoms with Crippen LogP contribution in [0.25, 0.3) is 17.4 Å². The maximum atomic E-state index is 14.1. The van der Waals surface area contributed by atoms with Crippen LogP contribution in [0.15, 0.2) is 78.5 Å². The molecule has 1 atom stereocenters. The molecule has 0 N–H and O–H groups in total. The Kier molecular flexibility index (Phi) is 9.52. The number of esters is 2. The van der Waals surface area contributed by atoms with Crippen LogP contribution in [-0.2, 0) is 14.3 Å². The molecule has 12 heteroatoms. The summed E-state index contributed by atoms with van der Waals surface area (Å²) in [6.45, 7) is 8.77. The van der Waals surface area contributed by atoms with E-state index in [2.05, 4.69) is 20.9 Å². The van der Waals surface area contributed by atoms with Crippen LogP contribution in [0.2, 0.25) is 5.02 Å². The van der Waals surface area contributed by atoms with Crippen LogP contribution >= 0.6 is 38.9 Å². The second-order valence-electron chi connectivity index (χ2n) is 10.8. The number of nitrogens with zero attached hydrogens (tertiary/aromatic N) is 2. The Morgan fingerprint density at radius 1 is 1.04 bits per heavy atom. The highest BCUT2D eigenvalue weighted by atomic mass is 79.9. The van der Waals surface area contributed by atoms with Gasteiger partial charge in [-0.15, -0.1) is 0 Å². The highest BCUT2D eigenvalue weighted by Crippen LogP contribution is 2.37. The zero-order valence-corrected chi connectivity index (χ0v) is 28.5. The Bertz CT molecular complexity index is 2020. The van der Waals surface area contributed by atoms with Crippen molar-refractivity contribution in [2.45, 2.75) is 52.9 Å². The number of benzene rings is 2. The fourth-order valence-corrected chi connectivity index (χ4v) is 6.53. The van der Waals surface area contributed by atoms with E-state index in [0.717, 1.165) is 15.8 Å². The number of hydrogen-bond donors (Lipinski definition) is 0. The van der Waals surface area contributed by atoms with Crippen LogP contribution in [0.1, 0.15) is 62.3 Å². The van der Waals surface area contributed by atoms with Gasteiger partial charge in [-0.2, -0.15) is 0 Å². The van der Waals surface area contributed by atoms with Crippen LogP contribution in [-0.4, -0.2) is 35.8 Å². The third-order valence-corrected chi connectivity index (χ3v) is 8.49. The van der Waals surface area contributed by atoms with Gasteiger partial charge in [0.2, 0.25) is 0 Å². The monoisotopic (exact) mass is 712 g/mol. The van der Waals surface area contributed by atoms with Crippen LogP contribution < -0.4 is 19.6 Å². The summed E-state index contributed by atoms with van der Waals surface area (Å²) >= 11 is 10.9. The number of rotatable bonds is 8. The molecule has 0 amide bonds. The lowest BCUT2D eigenvalue weighted by atomic mass is 9.95. The van der Waals surface area contributed by atoms with E-state index < -0.39 is 18.0 Å². The number of carbonyl (C=O) groups excluding carboxylic acids is 2. The van der Waals surface area contributed by atoms with E-state index in [0.29, 0.717) is 54.0 Å². The molecule has 45 heavy (non-hydrogen) atoms. The second kappa shape index (κ2) is 13.2. The van der Waals surface area contributed by atoms with Gasteiger partial charge in [-0.25, -0.2) is 14.6 Å². The number of fused-ring (bicyclic) bond motifs is 1. The standard InChI is InChI=1S/C33H30BrClN2O7S/c1-16(2)42-31(39)22-10-8-20(35)14-23(22)26-12-9-21(44-26)15-27-30(38)37-29(24-13-19(34)7-11-25(24)41-6)28(32(40)43-17(3)4)18(5)36-33(37)45-27/h7-17,29H,1-6H3/b27-15-/t29-/m0/s1. The molecule has 1 aliphatic heterocycles. The van der Waals surface area contributed by atoms with Gasteiger partial charge in [0.05, 0.1) is 40.7 Å². The molecule has 9 nitrogen and oxygen atoms in total. The lowest BCUT2D eigenvalue weighted by molar-refractivity contribution is -0.143. The van der Waals surface area contributed by atoms with Gasteiger partial charge in [0, 0.05) is 26.7 Å². The smallest absolute Gasteiger partial charge is 0.339 e. The average Bonchev–Trinajstić information content (AvgIpc) is 3.55. The number of thiazole rings is 1. The Labute approximate surface area is 276 Å². The minimum absolute atomic E-state index is 0.237. The van der Waals surface area contributed by atoms with Crippen LogP contribution in [0.3, 0.4) is 0 Å². The maximum absolute atomic E-state index is 14.1. The van der Waals surface area contributed by atoms with Gasteiger partial charge in [0.25, 0.3) is 5.56 Å². The lowest BCUT2D eigenvalue weighted by Gasteiger charge is -2.26. The predicted octanol–water partition coefficient (Wildman–Crippen LogP) is 6.44. The number of aromatic nitrogens is 1. The minimum atomic E-state index is -0.866. The molecule has 5 rings (SSSR count). The van der Waals surface area contributed by atoms with Crippen molar-refractivity contribution in [1.82, 2.24) is 4.57 Å². The van der Waals surface area contributed by atoms with E-state index in [1.54, 1.807) is 77.1 Å². The van der Waals surface area contributed by atoms with Gasteiger partial charge in [-0.05, 0) is 83.1 Å². The molecular formula is C33H30BrClN2O7S. The average molecular weight is 714 g/mol. The summed E-state index contributed by atoms with van der Waals surface area (Å²) < 4.78 is 25.3. The summed E-state index contributed by atoms with van der Waals surface area (Å²) in [4.78, 5) is 45.3. The van der Waals surface area contributed by atoms with Gasteiger partial charge in [-0.1, -0.05) is 38.9 Å². The SMILES string of the molecule is COc1ccc(Br)cc1[C@H]1C(C(=O)OC(C)C)=C(C)N=c2s/c(=C\c3ccc(-c4cc(Cl)ccc4C(=O)OC(C)C)o3)c(=O)n21. The van der Waals surface area contributed by atoms with Crippen LogP contribution in [0.5, 0.6) is 5.75 Å². The van der Waals surface area contributed by atoms with Crippen molar-refractivity contribution in [3.63, 3.8) is 0 Å². The van der Waals surface area contributed by atoms with Crippen molar-refractivity contribution in [2.24, 2.45) is 4.99 Å². The molecule has 234 valence electrons. The van der Waals surface area contributed by atoms with E-state index >= 15 is 0 Å². The summed E-state index contributed by atoms with van der Waals surface area (Å²) in [5.41, 5.74) is 1.64. The van der Waals surface area contributed by atoms with E-state index in [1.165, 1.54) is 11.7 Å². The number of hydrogen-bond acceptors (Lipinski definition) is 9. The van der Waals surface area contributed by atoms with Crippen molar-refractivity contribution >= 4 is 56.9 Å². The van der Waals surface area contributed by atoms with Crippen molar-refractivity contribution in [2.75, 3.05) is 7.11 Å². The molecule has 0 saturated carbocycles. The molecule has 2 aromatic carbocycles. The summed E-state index contributed by atoms with van der Waals surface area (Å²) in [6.07, 6.45) is 0.911. The Morgan fingerprint density at radius 2 is 1.76 bits per heavy atom. The summed E-state index contributed by atoms with van der Waals surface area (Å²) in [5.74, 6) is 0.152. The first kappa shape index (κ1) is 32.5. The lowest BCUT2D eigenvalue weighted by Crippen LogP contribution is -2.40. The highest BCUT2D eigenvalue weighted by molar-refractivity contribution is 9.10. The summed E-state index contributed by atoms with van der Waals surface area (Å²) in [6, 6.07) is 12.7. The summed E-state index contributed by atoms with van der Waals surface area (Å²) in [5, 5.41) is 0.419. The first-order valence-electron chi connectivity index (χ1n) is 14.1. The van der Waals surface area contributed by atoms with Crippen molar-refractivity contribution < 1.29 is 28.2 Å². The quantitative estimate of drug-likeness (QED) is 0.194. The molecular weight excluding hydrogens is 684 g/mol. The fraction of sp³-hybridized carbons (Fsp3) is 0.273. The van der Waals surface area contributed by atoms with Crippen LogP contribution in [0.4, 0.5) is 0 Å². The number of ether oxygens (including phenoxy) is 3. The number of allylic oxidation sites excluding steroid dienone is 1. The van der Waals surface area contributed by atoms with Gasteiger partial charge in [0.1, 0.15) is 23.3 Å². The van der Waals surface area contributed by atoms with Gasteiger partial charge in [0.15, 0.2) is 4.80 Å². The van der Waals surface area contributed by atoms with Crippen LogP contribution in [0, 0.1) is 0 Å². The van der Waals surface area contributed by atoms with E-state index in [1.807, 2.05) is 12.1 Å². The van der Waals surface area contributed by atoms with Crippen molar-refractivity contribution in [1.29, 1.82) is 0 Å². The van der Waals surface area contributed by atoms with E-state index in [9.17, 15) is 14.4 Å². The molecule has 0 bridgehead atoms. The Morgan fingerprint density at radius 3 is 2.44 bits per heavy atom. The van der Waals surface area contributed by atoms with Crippen molar-refractivity contribution in [3.8, 4) is 17.1 Å². The Balaban J connectivity index is 1.64. The Hall–Kier alpha value is -3.93. The number of carbonyl (C=O) groups is 2. The van der Waals surface area contributed by atoms with Gasteiger partial charge >= 0.3 is 11.9 Å². The molecule has 1 aliphatic rings. The molecule has 2 aromatic heterocycles. The zero-order valence-electron chi connectivity index (χ0n) is 25.3. The van der Waals surface area contributed by atoms with Gasteiger partial charge in [-0.3, -0.25) is 9.36 Å². The first-order valence-corrected chi connectivity index (χ1v) is 16.0.